The van der Waals surface area contributed by atoms with Crippen molar-refractivity contribution in [2.45, 2.75) is 13.8 Å². The van der Waals surface area contributed by atoms with Crippen LogP contribution < -0.4 is 0 Å². The minimum absolute atomic E-state index is 0.423. The van der Waals surface area contributed by atoms with Crippen molar-refractivity contribution in [3.8, 4) is 0 Å². The van der Waals surface area contributed by atoms with Crippen LogP contribution in [-0.4, -0.2) is 17.7 Å². The summed E-state index contributed by atoms with van der Waals surface area (Å²) in [6, 6.07) is 0. The van der Waals surface area contributed by atoms with Gasteiger partial charge < -0.3 is 9.84 Å². The minimum Gasteiger partial charge on any atom is -0.497 e. The lowest BCUT2D eigenvalue weighted by molar-refractivity contribution is -0.131. The van der Waals surface area contributed by atoms with Crippen molar-refractivity contribution >= 4 is 5.97 Å². The van der Waals surface area contributed by atoms with Gasteiger partial charge in [0.15, 0.2) is 0 Å². The third-order valence-corrected chi connectivity index (χ3v) is 0.895. The molecule has 11 heavy (non-hydrogen) atoms. The Labute approximate surface area is 66.0 Å². The van der Waals surface area contributed by atoms with Gasteiger partial charge in [-0.15, -0.1) is 0 Å². The van der Waals surface area contributed by atoms with Gasteiger partial charge in [-0.1, -0.05) is 5.57 Å². The highest BCUT2D eigenvalue weighted by Crippen LogP contribution is 1.88. The predicted octanol–water partition coefficient (Wildman–Crippen LogP) is 1.57. The van der Waals surface area contributed by atoms with Crippen LogP contribution in [0.1, 0.15) is 13.8 Å². The van der Waals surface area contributed by atoms with E-state index in [1.807, 2.05) is 19.9 Å². The van der Waals surface area contributed by atoms with E-state index in [0.717, 1.165) is 11.6 Å². The summed E-state index contributed by atoms with van der Waals surface area (Å²) in [7, 11) is 0. The maximum absolute atomic E-state index is 9.91. The SMILES string of the molecule is CC(C)=CCOC=CC(=O)O. The summed E-state index contributed by atoms with van der Waals surface area (Å²) in [6.45, 7) is 4.32. The third kappa shape index (κ3) is 8.75. The molecule has 0 radical (unpaired) electrons. The average Bonchev–Trinajstić information content (AvgIpc) is 1.85. The zero-order valence-corrected chi connectivity index (χ0v) is 6.70. The number of carbonyl (C=O) groups is 1. The van der Waals surface area contributed by atoms with Crippen LogP contribution in [0, 0.1) is 0 Å². The van der Waals surface area contributed by atoms with Gasteiger partial charge in [-0.05, 0) is 19.9 Å². The van der Waals surface area contributed by atoms with Gasteiger partial charge in [0, 0.05) is 0 Å². The van der Waals surface area contributed by atoms with Crippen LogP contribution >= 0.6 is 0 Å². The highest BCUT2D eigenvalue weighted by molar-refractivity contribution is 5.79. The van der Waals surface area contributed by atoms with E-state index in [1.165, 1.54) is 6.26 Å². The van der Waals surface area contributed by atoms with Crippen LogP contribution in [0.25, 0.3) is 0 Å². The molecule has 0 fully saturated rings. The van der Waals surface area contributed by atoms with Crippen molar-refractivity contribution in [3.05, 3.63) is 24.0 Å². The molecule has 62 valence electrons. The van der Waals surface area contributed by atoms with Crippen molar-refractivity contribution in [1.82, 2.24) is 0 Å². The minimum atomic E-state index is -0.998. The Morgan fingerprint density at radius 2 is 2.18 bits per heavy atom. The number of ether oxygens (including phenoxy) is 1. The van der Waals surface area contributed by atoms with Gasteiger partial charge in [0.05, 0.1) is 12.3 Å². The van der Waals surface area contributed by atoms with E-state index in [-0.39, 0.29) is 0 Å². The number of hydrogen-bond donors (Lipinski definition) is 1. The van der Waals surface area contributed by atoms with Crippen molar-refractivity contribution in [1.29, 1.82) is 0 Å². The highest BCUT2D eigenvalue weighted by Gasteiger charge is 1.83. The topological polar surface area (TPSA) is 46.5 Å². The molecule has 0 aliphatic heterocycles. The number of aliphatic carboxylic acids is 1. The number of carboxylic acids is 1. The molecule has 0 aliphatic rings. The summed E-state index contributed by atoms with van der Waals surface area (Å²) in [5, 5.41) is 8.14. The molecule has 0 saturated heterocycles. The predicted molar refractivity (Wildman–Crippen MR) is 42.2 cm³/mol. The van der Waals surface area contributed by atoms with E-state index in [1.54, 1.807) is 0 Å². The number of rotatable bonds is 4. The molecule has 0 saturated carbocycles. The van der Waals surface area contributed by atoms with E-state index >= 15 is 0 Å². The monoisotopic (exact) mass is 156 g/mol. The van der Waals surface area contributed by atoms with Crippen LogP contribution in [-0.2, 0) is 9.53 Å². The van der Waals surface area contributed by atoms with Crippen LogP contribution in [0.2, 0.25) is 0 Å². The fourth-order valence-electron chi connectivity index (χ4n) is 0.377. The second-order valence-corrected chi connectivity index (χ2v) is 2.26. The Hall–Kier alpha value is -1.25. The first-order chi connectivity index (χ1) is 5.13. The average molecular weight is 156 g/mol. The lowest BCUT2D eigenvalue weighted by atomic mass is 10.3. The molecule has 1 N–H and O–H groups in total. The van der Waals surface area contributed by atoms with Gasteiger partial charge in [-0.3, -0.25) is 0 Å². The summed E-state index contributed by atoms with van der Waals surface area (Å²) in [6.07, 6.45) is 3.99. The molecule has 0 aromatic carbocycles. The van der Waals surface area contributed by atoms with E-state index in [2.05, 4.69) is 0 Å². The van der Waals surface area contributed by atoms with E-state index < -0.39 is 5.97 Å². The molecular formula is C8H12O3. The Morgan fingerprint density at radius 3 is 2.64 bits per heavy atom. The summed E-state index contributed by atoms with van der Waals surface area (Å²) in [5.41, 5.74) is 1.15. The molecular weight excluding hydrogens is 144 g/mol. The van der Waals surface area contributed by atoms with Gasteiger partial charge in [0.1, 0.15) is 6.61 Å². The lowest BCUT2D eigenvalue weighted by Gasteiger charge is -1.93. The second kappa shape index (κ2) is 5.53. The maximum atomic E-state index is 9.91. The van der Waals surface area contributed by atoms with Gasteiger partial charge >= 0.3 is 5.97 Å². The van der Waals surface area contributed by atoms with Crippen LogP contribution in [0.15, 0.2) is 24.0 Å². The molecule has 0 heterocycles. The summed E-state index contributed by atoms with van der Waals surface area (Å²) < 4.78 is 4.82. The smallest absolute Gasteiger partial charge is 0.331 e. The Bertz CT molecular complexity index is 176. The number of carboxylic acid groups (broad SMARTS) is 1. The molecule has 0 aromatic heterocycles. The van der Waals surface area contributed by atoms with E-state index in [4.69, 9.17) is 9.84 Å². The van der Waals surface area contributed by atoms with E-state index in [0.29, 0.717) is 6.61 Å². The zero-order chi connectivity index (χ0) is 8.69. The van der Waals surface area contributed by atoms with Gasteiger partial charge in [-0.25, -0.2) is 4.79 Å². The quantitative estimate of drug-likeness (QED) is 0.291. The molecule has 0 aromatic rings. The first-order valence-electron chi connectivity index (χ1n) is 3.27. The third-order valence-electron chi connectivity index (χ3n) is 0.895. The first-order valence-corrected chi connectivity index (χ1v) is 3.27. The van der Waals surface area contributed by atoms with Crippen molar-refractivity contribution < 1.29 is 14.6 Å². The van der Waals surface area contributed by atoms with Gasteiger partial charge in [0.2, 0.25) is 0 Å². The van der Waals surface area contributed by atoms with Crippen LogP contribution in [0.3, 0.4) is 0 Å². The molecule has 0 aliphatic carbocycles. The standard InChI is InChI=1S/C8H12O3/c1-7(2)3-5-11-6-4-8(9)10/h3-4,6H,5H2,1-2H3,(H,9,10). The molecule has 0 unspecified atom stereocenters. The Morgan fingerprint density at radius 1 is 1.55 bits per heavy atom. The van der Waals surface area contributed by atoms with Crippen molar-refractivity contribution in [3.63, 3.8) is 0 Å². The fraction of sp³-hybridized carbons (Fsp3) is 0.375. The normalized spacial score (nSPS) is 9.64. The summed E-state index contributed by atoms with van der Waals surface area (Å²) in [4.78, 5) is 9.91. The zero-order valence-electron chi connectivity index (χ0n) is 6.70. The summed E-state index contributed by atoms with van der Waals surface area (Å²) >= 11 is 0. The molecule has 3 heteroatoms. The molecule has 0 spiro atoms. The largest absolute Gasteiger partial charge is 0.497 e. The molecule has 3 nitrogen and oxygen atoms in total. The fourth-order valence-corrected chi connectivity index (χ4v) is 0.377. The van der Waals surface area contributed by atoms with E-state index in [9.17, 15) is 4.79 Å². The number of hydrogen-bond acceptors (Lipinski definition) is 2. The molecule has 0 atom stereocenters. The Kier molecular flexibility index (Phi) is 4.90. The van der Waals surface area contributed by atoms with Gasteiger partial charge in [0.25, 0.3) is 0 Å². The van der Waals surface area contributed by atoms with Crippen LogP contribution in [0.5, 0.6) is 0 Å². The first kappa shape index (κ1) is 9.75. The lowest BCUT2D eigenvalue weighted by Crippen LogP contribution is -1.88. The van der Waals surface area contributed by atoms with Crippen LogP contribution in [0.4, 0.5) is 0 Å². The van der Waals surface area contributed by atoms with Gasteiger partial charge in [-0.2, -0.15) is 0 Å². The summed E-state index contributed by atoms with van der Waals surface area (Å²) in [5.74, 6) is -0.998. The highest BCUT2D eigenvalue weighted by atomic mass is 16.5. The maximum Gasteiger partial charge on any atom is 0.331 e. The Balaban J connectivity index is 3.42. The van der Waals surface area contributed by atoms with Crippen molar-refractivity contribution in [2.75, 3.05) is 6.61 Å². The second-order valence-electron chi connectivity index (χ2n) is 2.26. The molecule has 0 rings (SSSR count). The van der Waals surface area contributed by atoms with Crippen molar-refractivity contribution in [2.24, 2.45) is 0 Å². The molecule has 0 bridgehead atoms. The number of allylic oxidation sites excluding steroid dienone is 1. The molecule has 0 amide bonds.